The molecule has 0 bridgehead atoms. The zero-order valence-electron chi connectivity index (χ0n) is 18.0. The van der Waals surface area contributed by atoms with Crippen LogP contribution >= 0.6 is 0 Å². The summed E-state index contributed by atoms with van der Waals surface area (Å²) >= 11 is 0. The fourth-order valence-electron chi connectivity index (χ4n) is 3.66. The van der Waals surface area contributed by atoms with E-state index in [1.165, 1.54) is 0 Å². The molecule has 2 N–H and O–H groups in total. The highest BCUT2D eigenvalue weighted by Gasteiger charge is 2.22. The van der Waals surface area contributed by atoms with E-state index >= 15 is 0 Å². The lowest BCUT2D eigenvalue weighted by atomic mass is 10.1. The van der Waals surface area contributed by atoms with E-state index in [0.717, 1.165) is 36.8 Å². The number of amides is 2. The first-order valence-electron chi connectivity index (χ1n) is 10.7. The monoisotopic (exact) mass is 434 g/mol. The molecule has 2 amide bonds. The highest BCUT2D eigenvalue weighted by molar-refractivity contribution is 6.03. The Morgan fingerprint density at radius 3 is 2.41 bits per heavy atom. The average Bonchev–Trinajstić information content (AvgIpc) is 3.36. The summed E-state index contributed by atoms with van der Waals surface area (Å²) in [5, 5.41) is 0.864. The molecule has 1 saturated heterocycles. The van der Waals surface area contributed by atoms with Crippen LogP contribution in [0.4, 0.5) is 5.82 Å². The van der Waals surface area contributed by atoms with Gasteiger partial charge in [-0.15, -0.1) is 0 Å². The van der Waals surface area contributed by atoms with Crippen LogP contribution in [0.25, 0.3) is 10.9 Å². The summed E-state index contributed by atoms with van der Waals surface area (Å²) in [4.78, 5) is 32.0. The van der Waals surface area contributed by atoms with Crippen LogP contribution in [-0.2, 0) is 4.79 Å². The molecule has 4 rings (SSSR count). The Labute approximate surface area is 186 Å². The second-order valence-electron chi connectivity index (χ2n) is 7.42. The van der Waals surface area contributed by atoms with Crippen LogP contribution in [0.5, 0.6) is 11.5 Å². The number of hydrogen-bond donors (Lipinski definition) is 2. The largest absolute Gasteiger partial charge is 0.490 e. The number of pyridine rings is 1. The minimum Gasteiger partial charge on any atom is -0.490 e. The van der Waals surface area contributed by atoms with E-state index in [1.807, 2.05) is 43.3 Å². The van der Waals surface area contributed by atoms with E-state index in [4.69, 9.17) is 14.5 Å². The molecule has 166 valence electrons. The molecular formula is C24H26N4O4. The zero-order valence-corrected chi connectivity index (χ0v) is 18.0. The van der Waals surface area contributed by atoms with E-state index in [-0.39, 0.29) is 6.61 Å². The summed E-state index contributed by atoms with van der Waals surface area (Å²) < 4.78 is 11.0. The molecule has 1 fully saturated rings. The fraction of sp³-hybridized carbons (Fsp3) is 0.292. The lowest BCUT2D eigenvalue weighted by Gasteiger charge is -2.20. The van der Waals surface area contributed by atoms with Crippen LogP contribution in [-0.4, -0.2) is 43.1 Å². The van der Waals surface area contributed by atoms with Crippen LogP contribution in [0.3, 0.4) is 0 Å². The Hall–Kier alpha value is -3.81. The van der Waals surface area contributed by atoms with Gasteiger partial charge in [0.2, 0.25) is 0 Å². The van der Waals surface area contributed by atoms with Crippen molar-refractivity contribution in [2.45, 2.75) is 19.8 Å². The minimum atomic E-state index is -0.485. The van der Waals surface area contributed by atoms with E-state index < -0.39 is 11.8 Å². The number of rotatable bonds is 7. The molecule has 8 heteroatoms. The number of hydrogen-bond acceptors (Lipinski definition) is 6. The maximum absolute atomic E-state index is 12.9. The standard InChI is InChI=1S/C24H26N4O4/c1-2-31-20-11-5-6-12-21(20)32-16-22(29)26-27-24(30)18-15-17-9-3-4-10-19(17)25-23(18)28-13-7-8-14-28/h3-6,9-12,15H,2,7-8,13-14,16H2,1H3,(H,26,29)(H,27,30). The predicted octanol–water partition coefficient (Wildman–Crippen LogP) is 3.07. The van der Waals surface area contributed by atoms with Gasteiger partial charge in [0.05, 0.1) is 17.7 Å². The quantitative estimate of drug-likeness (QED) is 0.555. The lowest BCUT2D eigenvalue weighted by Crippen LogP contribution is -2.44. The SMILES string of the molecule is CCOc1ccccc1OCC(=O)NNC(=O)c1cc2ccccc2nc1N1CCCC1. The van der Waals surface area contributed by atoms with Gasteiger partial charge in [0.25, 0.3) is 11.8 Å². The molecule has 32 heavy (non-hydrogen) atoms. The van der Waals surface area contributed by atoms with Gasteiger partial charge in [0.15, 0.2) is 18.1 Å². The topological polar surface area (TPSA) is 92.8 Å². The molecule has 0 atom stereocenters. The molecule has 8 nitrogen and oxygen atoms in total. The Kier molecular flexibility index (Phi) is 6.69. The first kappa shape index (κ1) is 21.4. The Bertz CT molecular complexity index is 1110. The summed E-state index contributed by atoms with van der Waals surface area (Å²) in [5.74, 6) is 0.749. The molecule has 0 unspecified atom stereocenters. The normalized spacial score (nSPS) is 13.1. The number of anilines is 1. The third kappa shape index (κ3) is 4.91. The summed E-state index contributed by atoms with van der Waals surface area (Å²) in [6.07, 6.45) is 2.12. The number of benzene rings is 2. The summed E-state index contributed by atoms with van der Waals surface area (Å²) in [5.41, 5.74) is 6.16. The molecular weight excluding hydrogens is 408 g/mol. The van der Waals surface area contributed by atoms with Crippen molar-refractivity contribution in [1.82, 2.24) is 15.8 Å². The van der Waals surface area contributed by atoms with E-state index in [0.29, 0.717) is 29.5 Å². The van der Waals surface area contributed by atoms with Crippen molar-refractivity contribution in [3.8, 4) is 11.5 Å². The average molecular weight is 434 g/mol. The molecule has 0 aliphatic carbocycles. The van der Waals surface area contributed by atoms with Crippen molar-refractivity contribution in [1.29, 1.82) is 0 Å². The van der Waals surface area contributed by atoms with Crippen molar-refractivity contribution in [3.05, 3.63) is 60.2 Å². The number of ether oxygens (including phenoxy) is 2. The molecule has 2 heterocycles. The van der Waals surface area contributed by atoms with Crippen LogP contribution in [0.2, 0.25) is 0 Å². The number of hydrazine groups is 1. The molecule has 1 aliphatic heterocycles. The van der Waals surface area contributed by atoms with Gasteiger partial charge >= 0.3 is 0 Å². The van der Waals surface area contributed by atoms with Gasteiger partial charge in [-0.1, -0.05) is 30.3 Å². The van der Waals surface area contributed by atoms with Crippen molar-refractivity contribution in [3.63, 3.8) is 0 Å². The second kappa shape index (κ2) is 10.00. The van der Waals surface area contributed by atoms with Crippen molar-refractivity contribution in [2.24, 2.45) is 0 Å². The first-order chi connectivity index (χ1) is 15.7. The molecule has 0 saturated carbocycles. The van der Waals surface area contributed by atoms with Gasteiger partial charge in [0.1, 0.15) is 5.82 Å². The van der Waals surface area contributed by atoms with Crippen LogP contribution in [0.1, 0.15) is 30.1 Å². The van der Waals surface area contributed by atoms with Gasteiger partial charge in [-0.05, 0) is 44.0 Å². The van der Waals surface area contributed by atoms with Gasteiger partial charge in [-0.3, -0.25) is 20.4 Å². The maximum Gasteiger partial charge on any atom is 0.276 e. The Morgan fingerprint density at radius 1 is 0.969 bits per heavy atom. The van der Waals surface area contributed by atoms with Crippen LogP contribution in [0.15, 0.2) is 54.6 Å². The smallest absolute Gasteiger partial charge is 0.276 e. The Balaban J connectivity index is 1.42. The van der Waals surface area contributed by atoms with Crippen LogP contribution in [0, 0.1) is 0 Å². The predicted molar refractivity (Wildman–Crippen MR) is 122 cm³/mol. The number of carbonyl (C=O) groups is 2. The van der Waals surface area contributed by atoms with E-state index in [1.54, 1.807) is 18.2 Å². The van der Waals surface area contributed by atoms with Crippen molar-refractivity contribution in [2.75, 3.05) is 31.2 Å². The van der Waals surface area contributed by atoms with Gasteiger partial charge in [-0.25, -0.2) is 4.98 Å². The fourth-order valence-corrected chi connectivity index (χ4v) is 3.66. The zero-order chi connectivity index (χ0) is 22.3. The number of nitrogens with zero attached hydrogens (tertiary/aromatic N) is 2. The molecule has 1 aliphatic rings. The number of nitrogens with one attached hydrogen (secondary N) is 2. The van der Waals surface area contributed by atoms with E-state index in [2.05, 4.69) is 15.8 Å². The van der Waals surface area contributed by atoms with Gasteiger partial charge in [0, 0.05) is 18.5 Å². The van der Waals surface area contributed by atoms with Crippen LogP contribution < -0.4 is 25.2 Å². The number of carbonyl (C=O) groups excluding carboxylic acids is 2. The third-order valence-corrected chi connectivity index (χ3v) is 5.18. The molecule has 2 aromatic carbocycles. The molecule has 0 radical (unpaired) electrons. The highest BCUT2D eigenvalue weighted by Crippen LogP contribution is 2.27. The van der Waals surface area contributed by atoms with Gasteiger partial charge in [-0.2, -0.15) is 0 Å². The second-order valence-corrected chi connectivity index (χ2v) is 7.42. The lowest BCUT2D eigenvalue weighted by molar-refractivity contribution is -0.123. The van der Waals surface area contributed by atoms with E-state index in [9.17, 15) is 9.59 Å². The Morgan fingerprint density at radius 2 is 1.66 bits per heavy atom. The number of fused-ring (bicyclic) bond motifs is 1. The van der Waals surface area contributed by atoms with Crippen molar-refractivity contribution >= 4 is 28.5 Å². The maximum atomic E-state index is 12.9. The molecule has 1 aromatic heterocycles. The van der Waals surface area contributed by atoms with Crippen molar-refractivity contribution < 1.29 is 19.1 Å². The highest BCUT2D eigenvalue weighted by atomic mass is 16.5. The molecule has 3 aromatic rings. The summed E-state index contributed by atoms with van der Waals surface area (Å²) in [6, 6.07) is 16.6. The van der Waals surface area contributed by atoms with Gasteiger partial charge < -0.3 is 14.4 Å². The summed E-state index contributed by atoms with van der Waals surface area (Å²) in [7, 11) is 0. The minimum absolute atomic E-state index is 0.265. The number of aromatic nitrogens is 1. The first-order valence-corrected chi connectivity index (χ1v) is 10.7. The summed E-state index contributed by atoms with van der Waals surface area (Å²) in [6.45, 7) is 3.80. The third-order valence-electron chi connectivity index (χ3n) is 5.18. The molecule has 0 spiro atoms. The number of para-hydroxylation sites is 3.